The third-order valence-electron chi connectivity index (χ3n) is 3.69. The first-order chi connectivity index (χ1) is 11.0. The van der Waals surface area contributed by atoms with Crippen LogP contribution in [0.4, 0.5) is 16.2 Å². The molecule has 1 N–H and O–H groups in total. The van der Waals surface area contributed by atoms with Crippen LogP contribution in [0.2, 0.25) is 0 Å². The molecule has 2 heterocycles. The Morgan fingerprint density at radius 3 is 2.52 bits per heavy atom. The first-order valence-corrected chi connectivity index (χ1v) is 7.72. The molecule has 2 fully saturated rings. The van der Waals surface area contributed by atoms with Crippen molar-refractivity contribution >= 4 is 40.8 Å². The largest absolute Gasteiger partial charge is 0.469 e. The fraction of sp³-hybridized carbons (Fsp3) is 0.400. The highest BCUT2D eigenvalue weighted by Crippen LogP contribution is 2.26. The monoisotopic (exact) mass is 335 g/mol. The molecule has 122 valence electrons. The van der Waals surface area contributed by atoms with Crippen LogP contribution >= 0.6 is 12.2 Å². The lowest BCUT2D eigenvalue weighted by Crippen LogP contribution is -2.33. The molecule has 0 spiro atoms. The van der Waals surface area contributed by atoms with Crippen LogP contribution in [0.25, 0.3) is 0 Å². The summed E-state index contributed by atoms with van der Waals surface area (Å²) in [7, 11) is 0. The molecule has 2 aliphatic rings. The average molecular weight is 335 g/mol. The molecule has 8 heteroatoms. The van der Waals surface area contributed by atoms with E-state index in [-0.39, 0.29) is 12.0 Å². The SMILES string of the molecule is CC(=O)NCC1CN(c2ccc(N3CCOC3=S)cc2)C(=O)O1. The minimum atomic E-state index is -0.409. The molecule has 0 aliphatic carbocycles. The first-order valence-electron chi connectivity index (χ1n) is 7.31. The molecule has 0 saturated carbocycles. The Morgan fingerprint density at radius 2 is 1.96 bits per heavy atom. The van der Waals surface area contributed by atoms with Crippen molar-refractivity contribution in [2.75, 3.05) is 36.0 Å². The molecule has 7 nitrogen and oxygen atoms in total. The van der Waals surface area contributed by atoms with Crippen molar-refractivity contribution in [3.8, 4) is 0 Å². The Labute approximate surface area is 139 Å². The van der Waals surface area contributed by atoms with Gasteiger partial charge in [0, 0.05) is 18.3 Å². The Balaban J connectivity index is 1.66. The standard InChI is InChI=1S/C15H17N3O4S/c1-10(19)16-8-13-9-18(14(20)22-13)12-4-2-11(3-5-12)17-6-7-21-15(17)23/h2-5,13H,6-9H2,1H3,(H,16,19). The molecule has 1 aromatic rings. The van der Waals surface area contributed by atoms with Crippen molar-refractivity contribution in [1.29, 1.82) is 0 Å². The molecule has 23 heavy (non-hydrogen) atoms. The van der Waals surface area contributed by atoms with Gasteiger partial charge in [-0.3, -0.25) is 14.6 Å². The number of hydrogen-bond donors (Lipinski definition) is 1. The van der Waals surface area contributed by atoms with Crippen LogP contribution < -0.4 is 15.1 Å². The number of anilines is 2. The summed E-state index contributed by atoms with van der Waals surface area (Å²) in [5.74, 6) is -0.146. The lowest BCUT2D eigenvalue weighted by Gasteiger charge is -2.17. The number of nitrogens with one attached hydrogen (secondary N) is 1. The molecule has 0 aromatic heterocycles. The maximum absolute atomic E-state index is 12.0. The van der Waals surface area contributed by atoms with Crippen molar-refractivity contribution in [2.24, 2.45) is 0 Å². The zero-order valence-electron chi connectivity index (χ0n) is 12.7. The summed E-state index contributed by atoms with van der Waals surface area (Å²) in [5, 5.41) is 3.12. The highest BCUT2D eigenvalue weighted by Gasteiger charge is 2.32. The lowest BCUT2D eigenvalue weighted by molar-refractivity contribution is -0.119. The summed E-state index contributed by atoms with van der Waals surface area (Å²) in [6.07, 6.45) is -0.751. The number of cyclic esters (lactones) is 1. The van der Waals surface area contributed by atoms with Gasteiger partial charge in [0.05, 0.1) is 19.6 Å². The van der Waals surface area contributed by atoms with Crippen molar-refractivity contribution in [2.45, 2.75) is 13.0 Å². The number of ether oxygens (including phenoxy) is 2. The number of nitrogens with zero attached hydrogens (tertiary/aromatic N) is 2. The molecule has 2 amide bonds. The van der Waals surface area contributed by atoms with Crippen LogP contribution in [0.5, 0.6) is 0 Å². The zero-order chi connectivity index (χ0) is 16.4. The van der Waals surface area contributed by atoms with Gasteiger partial charge < -0.3 is 14.8 Å². The van der Waals surface area contributed by atoms with E-state index in [0.717, 1.165) is 17.9 Å². The van der Waals surface area contributed by atoms with E-state index in [1.165, 1.54) is 6.92 Å². The van der Waals surface area contributed by atoms with Crippen molar-refractivity contribution in [3.63, 3.8) is 0 Å². The van der Waals surface area contributed by atoms with Crippen molar-refractivity contribution < 1.29 is 19.1 Å². The molecule has 2 saturated heterocycles. The topological polar surface area (TPSA) is 71.1 Å². The van der Waals surface area contributed by atoms with E-state index >= 15 is 0 Å². The Hall–Kier alpha value is -2.35. The molecule has 0 bridgehead atoms. The normalized spacial score (nSPS) is 20.5. The molecule has 1 aromatic carbocycles. The third kappa shape index (κ3) is 3.37. The molecule has 0 radical (unpaired) electrons. The third-order valence-corrected chi connectivity index (χ3v) is 4.02. The van der Waals surface area contributed by atoms with Gasteiger partial charge in [0.15, 0.2) is 0 Å². The second-order valence-corrected chi connectivity index (χ2v) is 5.69. The van der Waals surface area contributed by atoms with E-state index in [1.54, 1.807) is 4.90 Å². The number of carbonyl (C=O) groups excluding carboxylic acids is 2. The number of carbonyl (C=O) groups is 2. The van der Waals surface area contributed by atoms with Gasteiger partial charge >= 0.3 is 6.09 Å². The van der Waals surface area contributed by atoms with Gasteiger partial charge in [-0.2, -0.15) is 0 Å². The fourth-order valence-corrected chi connectivity index (χ4v) is 2.82. The number of amides is 2. The van der Waals surface area contributed by atoms with Crippen LogP contribution in [0.1, 0.15) is 6.92 Å². The van der Waals surface area contributed by atoms with Crippen LogP contribution in [0, 0.1) is 0 Å². The molecule has 3 rings (SSSR count). The Morgan fingerprint density at radius 1 is 1.30 bits per heavy atom. The second kappa shape index (κ2) is 6.41. The lowest BCUT2D eigenvalue weighted by atomic mass is 10.2. The predicted octanol–water partition coefficient (Wildman–Crippen LogP) is 1.27. The van der Waals surface area contributed by atoms with E-state index in [9.17, 15) is 9.59 Å². The maximum Gasteiger partial charge on any atom is 0.414 e. The van der Waals surface area contributed by atoms with E-state index in [0.29, 0.717) is 24.9 Å². The van der Waals surface area contributed by atoms with Gasteiger partial charge in [-0.25, -0.2) is 4.79 Å². The number of benzene rings is 1. The van der Waals surface area contributed by atoms with Gasteiger partial charge in [0.1, 0.15) is 12.7 Å². The van der Waals surface area contributed by atoms with Crippen LogP contribution in [0.3, 0.4) is 0 Å². The van der Waals surface area contributed by atoms with Crippen molar-refractivity contribution in [3.05, 3.63) is 24.3 Å². The highest BCUT2D eigenvalue weighted by molar-refractivity contribution is 7.80. The average Bonchev–Trinajstić information content (AvgIpc) is 3.11. The highest BCUT2D eigenvalue weighted by atomic mass is 32.1. The number of thiocarbonyl (C=S) groups is 1. The van der Waals surface area contributed by atoms with Crippen molar-refractivity contribution in [1.82, 2.24) is 5.32 Å². The number of hydrogen-bond acceptors (Lipinski definition) is 5. The van der Waals surface area contributed by atoms with E-state index in [2.05, 4.69) is 5.32 Å². The van der Waals surface area contributed by atoms with Gasteiger partial charge in [-0.1, -0.05) is 0 Å². The minimum absolute atomic E-state index is 0.146. The van der Waals surface area contributed by atoms with Crippen LogP contribution in [-0.4, -0.2) is 49.5 Å². The smallest absolute Gasteiger partial charge is 0.414 e. The first kappa shape index (κ1) is 15.5. The van der Waals surface area contributed by atoms with Gasteiger partial charge in [-0.05, 0) is 36.5 Å². The van der Waals surface area contributed by atoms with Gasteiger partial charge in [0.25, 0.3) is 5.17 Å². The Bertz CT molecular complexity index is 634. The summed E-state index contributed by atoms with van der Waals surface area (Å²) in [6.45, 7) is 3.46. The quantitative estimate of drug-likeness (QED) is 0.836. The number of rotatable bonds is 4. The minimum Gasteiger partial charge on any atom is -0.469 e. The van der Waals surface area contributed by atoms with E-state index < -0.39 is 6.09 Å². The molecular formula is C15H17N3O4S. The molecule has 1 atom stereocenters. The fourth-order valence-electron chi connectivity index (χ4n) is 2.54. The summed E-state index contributed by atoms with van der Waals surface area (Å²) in [4.78, 5) is 26.4. The zero-order valence-corrected chi connectivity index (χ0v) is 13.5. The molecular weight excluding hydrogens is 318 g/mol. The summed E-state index contributed by atoms with van der Waals surface area (Å²) in [5.41, 5.74) is 1.67. The molecule has 2 aliphatic heterocycles. The van der Waals surface area contributed by atoms with Gasteiger partial charge in [-0.15, -0.1) is 0 Å². The predicted molar refractivity (Wildman–Crippen MR) is 88.6 cm³/mol. The van der Waals surface area contributed by atoms with E-state index in [4.69, 9.17) is 21.7 Å². The Kier molecular flexibility index (Phi) is 4.33. The summed E-state index contributed by atoms with van der Waals surface area (Å²) < 4.78 is 10.5. The molecule has 1 unspecified atom stereocenters. The summed E-state index contributed by atoms with van der Waals surface area (Å²) in [6, 6.07) is 7.48. The van der Waals surface area contributed by atoms with Gasteiger partial charge in [0.2, 0.25) is 5.91 Å². The maximum atomic E-state index is 12.0. The van der Waals surface area contributed by atoms with Crippen LogP contribution in [0.15, 0.2) is 24.3 Å². The van der Waals surface area contributed by atoms with Crippen LogP contribution in [-0.2, 0) is 14.3 Å². The second-order valence-electron chi connectivity index (χ2n) is 5.34. The van der Waals surface area contributed by atoms with E-state index in [1.807, 2.05) is 29.2 Å². The summed E-state index contributed by atoms with van der Waals surface area (Å²) >= 11 is 5.13.